The lowest BCUT2D eigenvalue weighted by molar-refractivity contribution is 0.0345. The summed E-state index contributed by atoms with van der Waals surface area (Å²) < 4.78 is 12.7. The maximum atomic E-state index is 5.50. The zero-order valence-electron chi connectivity index (χ0n) is 13.1. The van der Waals surface area contributed by atoms with E-state index in [0.29, 0.717) is 31.8 Å². The lowest BCUT2D eigenvalue weighted by atomic mass is 10.2. The topological polar surface area (TPSA) is 61.2 Å². The molecule has 20 heavy (non-hydrogen) atoms. The van der Waals surface area contributed by atoms with Gasteiger partial charge in [-0.15, -0.1) is 5.10 Å². The van der Waals surface area contributed by atoms with Gasteiger partial charge in [-0.2, -0.15) is 0 Å². The van der Waals surface area contributed by atoms with Gasteiger partial charge in [-0.25, -0.2) is 4.68 Å². The van der Waals surface area contributed by atoms with Crippen LogP contribution in [-0.2, 0) is 22.6 Å². The summed E-state index contributed by atoms with van der Waals surface area (Å²) in [6, 6.07) is 0.453. The summed E-state index contributed by atoms with van der Waals surface area (Å²) in [5.41, 5.74) is 0.957. The van der Waals surface area contributed by atoms with Crippen LogP contribution in [-0.4, -0.2) is 47.5 Å². The van der Waals surface area contributed by atoms with Crippen molar-refractivity contribution in [3.63, 3.8) is 0 Å². The van der Waals surface area contributed by atoms with E-state index in [0.717, 1.165) is 25.4 Å². The van der Waals surface area contributed by atoms with Gasteiger partial charge >= 0.3 is 0 Å². The fraction of sp³-hybridized carbons (Fsp3) is 0.857. The Hall–Kier alpha value is -0.980. The number of hydrogen-bond donors (Lipinski definition) is 1. The van der Waals surface area contributed by atoms with Crippen LogP contribution in [0.3, 0.4) is 0 Å². The first-order valence-electron chi connectivity index (χ1n) is 7.35. The predicted octanol–water partition coefficient (Wildman–Crippen LogP) is 1.47. The molecule has 0 aliphatic rings. The molecule has 0 saturated carbocycles. The van der Waals surface area contributed by atoms with Gasteiger partial charge in [0.05, 0.1) is 32.1 Å². The molecule has 0 amide bonds. The van der Waals surface area contributed by atoms with Crippen molar-refractivity contribution in [2.45, 2.75) is 46.8 Å². The van der Waals surface area contributed by atoms with E-state index in [4.69, 9.17) is 9.47 Å². The van der Waals surface area contributed by atoms with E-state index >= 15 is 0 Å². The quantitative estimate of drug-likeness (QED) is 0.623. The van der Waals surface area contributed by atoms with Gasteiger partial charge in [-0.3, -0.25) is 0 Å². The molecule has 0 aliphatic heterocycles. The van der Waals surface area contributed by atoms with Crippen molar-refractivity contribution in [2.75, 3.05) is 26.4 Å². The van der Waals surface area contributed by atoms with Crippen LogP contribution in [0.25, 0.3) is 0 Å². The normalized spacial score (nSPS) is 11.7. The SMILES string of the molecule is CC(C)COCCOCCn1cc(CNC(C)C)nn1. The molecule has 0 spiro atoms. The van der Waals surface area contributed by atoms with Crippen LogP contribution in [0.2, 0.25) is 0 Å². The van der Waals surface area contributed by atoms with Crippen molar-refractivity contribution in [1.82, 2.24) is 20.3 Å². The highest BCUT2D eigenvalue weighted by molar-refractivity contribution is 4.91. The smallest absolute Gasteiger partial charge is 0.0964 e. The number of nitrogens with zero attached hydrogens (tertiary/aromatic N) is 3. The highest BCUT2D eigenvalue weighted by Gasteiger charge is 2.01. The summed E-state index contributed by atoms with van der Waals surface area (Å²) in [7, 11) is 0. The Bertz CT molecular complexity index is 353. The number of ether oxygens (including phenoxy) is 2. The highest BCUT2D eigenvalue weighted by Crippen LogP contribution is 1.95. The Morgan fingerprint density at radius 1 is 1.15 bits per heavy atom. The first-order chi connectivity index (χ1) is 9.58. The molecule has 0 atom stereocenters. The van der Waals surface area contributed by atoms with Gasteiger partial charge in [0.2, 0.25) is 0 Å². The maximum Gasteiger partial charge on any atom is 0.0964 e. The zero-order chi connectivity index (χ0) is 14.8. The van der Waals surface area contributed by atoms with E-state index in [1.54, 1.807) is 0 Å². The molecule has 0 fully saturated rings. The third-order valence-corrected chi connectivity index (χ3v) is 2.57. The zero-order valence-corrected chi connectivity index (χ0v) is 13.1. The Labute approximate surface area is 121 Å². The molecule has 6 heteroatoms. The Balaban J connectivity index is 2.04. The second kappa shape index (κ2) is 9.85. The second-order valence-electron chi connectivity index (χ2n) is 5.59. The number of nitrogens with one attached hydrogen (secondary N) is 1. The third kappa shape index (κ3) is 8.24. The van der Waals surface area contributed by atoms with Crippen molar-refractivity contribution >= 4 is 0 Å². The molecular weight excluding hydrogens is 256 g/mol. The molecular formula is C14H28N4O2. The Morgan fingerprint density at radius 3 is 2.60 bits per heavy atom. The van der Waals surface area contributed by atoms with Gasteiger partial charge in [0.1, 0.15) is 0 Å². The van der Waals surface area contributed by atoms with E-state index in [1.165, 1.54) is 0 Å². The highest BCUT2D eigenvalue weighted by atomic mass is 16.5. The minimum atomic E-state index is 0.453. The van der Waals surface area contributed by atoms with Crippen LogP contribution in [0.5, 0.6) is 0 Å². The summed E-state index contributed by atoms with van der Waals surface area (Å²) in [4.78, 5) is 0. The maximum absolute atomic E-state index is 5.50. The van der Waals surface area contributed by atoms with Crippen LogP contribution >= 0.6 is 0 Å². The molecule has 1 aromatic heterocycles. The van der Waals surface area contributed by atoms with E-state index in [2.05, 4.69) is 43.3 Å². The average Bonchev–Trinajstić information content (AvgIpc) is 2.83. The Kier molecular flexibility index (Phi) is 8.41. The summed E-state index contributed by atoms with van der Waals surface area (Å²) in [6.07, 6.45) is 1.95. The van der Waals surface area contributed by atoms with Gasteiger partial charge in [0.15, 0.2) is 0 Å². The predicted molar refractivity (Wildman–Crippen MR) is 78.5 cm³/mol. The first-order valence-corrected chi connectivity index (χ1v) is 7.35. The number of rotatable bonds is 11. The monoisotopic (exact) mass is 284 g/mol. The van der Waals surface area contributed by atoms with E-state index in [9.17, 15) is 0 Å². The average molecular weight is 284 g/mol. The molecule has 1 N–H and O–H groups in total. The van der Waals surface area contributed by atoms with Crippen molar-refractivity contribution in [2.24, 2.45) is 5.92 Å². The van der Waals surface area contributed by atoms with Gasteiger partial charge in [0.25, 0.3) is 0 Å². The van der Waals surface area contributed by atoms with Gasteiger partial charge < -0.3 is 14.8 Å². The van der Waals surface area contributed by atoms with Gasteiger partial charge in [-0.05, 0) is 5.92 Å². The lowest BCUT2D eigenvalue weighted by Gasteiger charge is -2.07. The molecule has 0 aromatic carbocycles. The van der Waals surface area contributed by atoms with Crippen LogP contribution in [0.15, 0.2) is 6.20 Å². The second-order valence-corrected chi connectivity index (χ2v) is 5.59. The fourth-order valence-corrected chi connectivity index (χ4v) is 1.53. The van der Waals surface area contributed by atoms with Crippen molar-refractivity contribution in [3.05, 3.63) is 11.9 Å². The standard InChI is InChI=1S/C14H28N4O2/c1-12(2)11-20-8-7-19-6-5-18-10-14(16-17-18)9-15-13(3)4/h10,12-13,15H,5-9,11H2,1-4H3. The number of hydrogen-bond acceptors (Lipinski definition) is 5. The summed E-state index contributed by atoms with van der Waals surface area (Å²) >= 11 is 0. The first kappa shape index (κ1) is 17.1. The van der Waals surface area contributed by atoms with Crippen LogP contribution < -0.4 is 5.32 Å². The summed E-state index contributed by atoms with van der Waals surface area (Å²) in [6.45, 7) is 12.7. The van der Waals surface area contributed by atoms with Crippen molar-refractivity contribution < 1.29 is 9.47 Å². The van der Waals surface area contributed by atoms with Crippen LogP contribution in [0, 0.1) is 5.92 Å². The molecule has 0 aliphatic carbocycles. The molecule has 0 saturated heterocycles. The van der Waals surface area contributed by atoms with Gasteiger partial charge in [0, 0.05) is 25.4 Å². The molecule has 0 unspecified atom stereocenters. The van der Waals surface area contributed by atoms with Gasteiger partial charge in [-0.1, -0.05) is 32.9 Å². The van der Waals surface area contributed by atoms with Crippen molar-refractivity contribution in [1.29, 1.82) is 0 Å². The largest absolute Gasteiger partial charge is 0.379 e. The summed E-state index contributed by atoms with van der Waals surface area (Å²) in [5, 5.41) is 11.5. The molecule has 1 heterocycles. The van der Waals surface area contributed by atoms with E-state index in [1.807, 2.05) is 10.9 Å². The van der Waals surface area contributed by atoms with E-state index < -0.39 is 0 Å². The lowest BCUT2D eigenvalue weighted by Crippen LogP contribution is -2.21. The van der Waals surface area contributed by atoms with Crippen LogP contribution in [0.1, 0.15) is 33.4 Å². The van der Waals surface area contributed by atoms with Crippen LogP contribution in [0.4, 0.5) is 0 Å². The third-order valence-electron chi connectivity index (χ3n) is 2.57. The molecule has 1 aromatic rings. The van der Waals surface area contributed by atoms with Crippen molar-refractivity contribution in [3.8, 4) is 0 Å². The molecule has 0 radical (unpaired) electrons. The number of aromatic nitrogens is 3. The fourth-order valence-electron chi connectivity index (χ4n) is 1.53. The summed E-state index contributed by atoms with van der Waals surface area (Å²) in [5.74, 6) is 0.572. The Morgan fingerprint density at radius 2 is 1.90 bits per heavy atom. The van der Waals surface area contributed by atoms with E-state index in [-0.39, 0.29) is 0 Å². The minimum absolute atomic E-state index is 0.453. The molecule has 6 nitrogen and oxygen atoms in total. The molecule has 0 bridgehead atoms. The minimum Gasteiger partial charge on any atom is -0.379 e. The molecule has 116 valence electrons. The molecule has 1 rings (SSSR count).